The molecule has 0 spiro atoms. The predicted molar refractivity (Wildman–Crippen MR) is 72.7 cm³/mol. The number of aromatic nitrogens is 3. The van der Waals surface area contributed by atoms with E-state index < -0.39 is 0 Å². The maximum absolute atomic E-state index is 5.87. The summed E-state index contributed by atoms with van der Waals surface area (Å²) in [7, 11) is 0. The number of nitrogens with two attached hydrogens (primary N) is 1. The van der Waals surface area contributed by atoms with Crippen molar-refractivity contribution in [2.45, 2.75) is 32.1 Å². The van der Waals surface area contributed by atoms with Gasteiger partial charge in [0.05, 0.1) is 6.20 Å². The number of hydrogen-bond acceptors (Lipinski definition) is 4. The van der Waals surface area contributed by atoms with Crippen LogP contribution in [0, 0.1) is 0 Å². The van der Waals surface area contributed by atoms with Gasteiger partial charge < -0.3 is 15.0 Å². The van der Waals surface area contributed by atoms with E-state index in [9.17, 15) is 0 Å². The number of rotatable bonds is 1. The summed E-state index contributed by atoms with van der Waals surface area (Å²) in [6.45, 7) is 2.11. The Morgan fingerprint density at radius 3 is 2.56 bits per heavy atom. The summed E-state index contributed by atoms with van der Waals surface area (Å²) in [4.78, 5) is 11.2. The van der Waals surface area contributed by atoms with Gasteiger partial charge in [0.2, 0.25) is 0 Å². The Morgan fingerprint density at radius 1 is 1.06 bits per heavy atom. The van der Waals surface area contributed by atoms with E-state index in [4.69, 9.17) is 5.73 Å². The predicted octanol–water partition coefficient (Wildman–Crippen LogP) is 2.08. The van der Waals surface area contributed by atoms with Crippen LogP contribution in [-0.2, 0) is 0 Å². The minimum absolute atomic E-state index is 0.553. The molecule has 1 aliphatic heterocycles. The molecule has 1 fully saturated rings. The summed E-state index contributed by atoms with van der Waals surface area (Å²) in [6.07, 6.45) is 12.0. The van der Waals surface area contributed by atoms with E-state index in [0.29, 0.717) is 5.82 Å². The van der Waals surface area contributed by atoms with Crippen molar-refractivity contribution >= 4 is 17.3 Å². The van der Waals surface area contributed by atoms with Crippen molar-refractivity contribution in [1.29, 1.82) is 0 Å². The van der Waals surface area contributed by atoms with E-state index in [0.717, 1.165) is 24.6 Å². The zero-order valence-corrected chi connectivity index (χ0v) is 10.5. The van der Waals surface area contributed by atoms with Gasteiger partial charge in [0.25, 0.3) is 0 Å². The van der Waals surface area contributed by atoms with Gasteiger partial charge >= 0.3 is 0 Å². The maximum atomic E-state index is 5.87. The van der Waals surface area contributed by atoms with Crippen molar-refractivity contribution in [3.63, 3.8) is 0 Å². The molecule has 1 aliphatic rings. The second-order valence-electron chi connectivity index (χ2n) is 4.90. The molecule has 5 nitrogen and oxygen atoms in total. The average molecular weight is 245 g/mol. The molecule has 96 valence electrons. The highest BCUT2D eigenvalue weighted by Crippen LogP contribution is 2.22. The van der Waals surface area contributed by atoms with E-state index in [1.807, 2.05) is 16.8 Å². The Hall–Kier alpha value is -1.78. The minimum Gasteiger partial charge on any atom is -0.382 e. The summed E-state index contributed by atoms with van der Waals surface area (Å²) < 4.78 is 1.95. The van der Waals surface area contributed by atoms with Gasteiger partial charge in [0.15, 0.2) is 11.5 Å². The number of anilines is 2. The number of fused-ring (bicyclic) bond motifs is 1. The van der Waals surface area contributed by atoms with Crippen LogP contribution < -0.4 is 10.6 Å². The molecule has 0 saturated carbocycles. The third-order valence-corrected chi connectivity index (χ3v) is 3.53. The Balaban J connectivity index is 1.98. The van der Waals surface area contributed by atoms with Gasteiger partial charge in [-0.2, -0.15) is 0 Å². The molecule has 18 heavy (non-hydrogen) atoms. The van der Waals surface area contributed by atoms with Crippen LogP contribution in [0.15, 0.2) is 18.6 Å². The van der Waals surface area contributed by atoms with Gasteiger partial charge in [-0.3, -0.25) is 0 Å². The van der Waals surface area contributed by atoms with E-state index in [2.05, 4.69) is 14.9 Å². The molecule has 1 saturated heterocycles. The Bertz CT molecular complexity index is 525. The fraction of sp³-hybridized carbons (Fsp3) is 0.538. The molecule has 0 amide bonds. The fourth-order valence-electron chi connectivity index (χ4n) is 2.61. The highest BCUT2D eigenvalue weighted by atomic mass is 15.2. The van der Waals surface area contributed by atoms with Crippen molar-refractivity contribution in [1.82, 2.24) is 14.4 Å². The molecule has 2 aromatic heterocycles. The van der Waals surface area contributed by atoms with E-state index in [1.54, 1.807) is 6.20 Å². The lowest BCUT2D eigenvalue weighted by molar-refractivity contribution is 0.554. The lowest BCUT2D eigenvalue weighted by atomic mass is 10.1. The second-order valence-corrected chi connectivity index (χ2v) is 4.90. The van der Waals surface area contributed by atoms with Gasteiger partial charge in [-0.05, 0) is 12.8 Å². The van der Waals surface area contributed by atoms with Crippen LogP contribution in [0.4, 0.5) is 11.6 Å². The zero-order chi connectivity index (χ0) is 12.4. The number of nitrogens with zero attached hydrogens (tertiary/aromatic N) is 4. The van der Waals surface area contributed by atoms with Crippen LogP contribution in [-0.4, -0.2) is 27.5 Å². The molecule has 0 radical (unpaired) electrons. The molecule has 0 atom stereocenters. The normalized spacial score (nSPS) is 17.7. The summed E-state index contributed by atoms with van der Waals surface area (Å²) in [5.41, 5.74) is 6.78. The monoisotopic (exact) mass is 245 g/mol. The van der Waals surface area contributed by atoms with Crippen molar-refractivity contribution in [2.75, 3.05) is 23.7 Å². The molecule has 3 heterocycles. The first-order valence-electron chi connectivity index (χ1n) is 6.69. The van der Waals surface area contributed by atoms with Gasteiger partial charge in [-0.15, -0.1) is 0 Å². The molecular formula is C13H19N5. The number of nitrogen functional groups attached to an aromatic ring is 1. The van der Waals surface area contributed by atoms with Crippen molar-refractivity contribution in [2.24, 2.45) is 0 Å². The SMILES string of the molecule is Nc1cn2ccnc2c(N2CCCCCCC2)n1. The standard InChI is InChI=1S/C13H19N5/c14-11-10-18-9-6-15-12(18)13(16-11)17-7-4-2-1-3-5-8-17/h6,9-10H,1-5,7-8,14H2. The topological polar surface area (TPSA) is 59.5 Å². The zero-order valence-electron chi connectivity index (χ0n) is 10.5. The van der Waals surface area contributed by atoms with E-state index in [1.165, 1.54) is 32.1 Å². The molecule has 0 unspecified atom stereocenters. The summed E-state index contributed by atoms with van der Waals surface area (Å²) in [6, 6.07) is 0. The van der Waals surface area contributed by atoms with Gasteiger partial charge in [-0.25, -0.2) is 9.97 Å². The summed E-state index contributed by atoms with van der Waals surface area (Å²) in [5, 5.41) is 0. The van der Waals surface area contributed by atoms with E-state index >= 15 is 0 Å². The van der Waals surface area contributed by atoms with Gasteiger partial charge in [0, 0.05) is 25.5 Å². The number of imidazole rings is 1. The van der Waals surface area contributed by atoms with Crippen molar-refractivity contribution in [3.05, 3.63) is 18.6 Å². The molecule has 2 N–H and O–H groups in total. The molecule has 0 aliphatic carbocycles. The first-order chi connectivity index (χ1) is 8.84. The molecular weight excluding hydrogens is 226 g/mol. The Morgan fingerprint density at radius 2 is 1.78 bits per heavy atom. The average Bonchev–Trinajstić information content (AvgIpc) is 2.75. The molecule has 5 heteroatoms. The van der Waals surface area contributed by atoms with Crippen LogP contribution in [0.5, 0.6) is 0 Å². The van der Waals surface area contributed by atoms with Crippen molar-refractivity contribution in [3.8, 4) is 0 Å². The van der Waals surface area contributed by atoms with Gasteiger partial charge in [-0.1, -0.05) is 19.3 Å². The van der Waals surface area contributed by atoms with Crippen molar-refractivity contribution < 1.29 is 0 Å². The molecule has 0 aromatic carbocycles. The number of hydrogen-bond donors (Lipinski definition) is 1. The summed E-state index contributed by atoms with van der Waals surface area (Å²) >= 11 is 0. The Kier molecular flexibility index (Phi) is 3.04. The molecule has 3 rings (SSSR count). The third kappa shape index (κ3) is 2.12. The lowest BCUT2D eigenvalue weighted by Gasteiger charge is -2.26. The minimum atomic E-state index is 0.553. The fourth-order valence-corrected chi connectivity index (χ4v) is 2.61. The lowest BCUT2D eigenvalue weighted by Crippen LogP contribution is -2.28. The van der Waals surface area contributed by atoms with Crippen LogP contribution >= 0.6 is 0 Å². The second kappa shape index (κ2) is 4.84. The van der Waals surface area contributed by atoms with E-state index in [-0.39, 0.29) is 0 Å². The van der Waals surface area contributed by atoms with Crippen LogP contribution in [0.3, 0.4) is 0 Å². The van der Waals surface area contributed by atoms with Crippen LogP contribution in [0.25, 0.3) is 5.65 Å². The van der Waals surface area contributed by atoms with Gasteiger partial charge in [0.1, 0.15) is 5.82 Å². The largest absolute Gasteiger partial charge is 0.382 e. The summed E-state index contributed by atoms with van der Waals surface area (Å²) in [5.74, 6) is 1.49. The quantitative estimate of drug-likeness (QED) is 0.835. The smallest absolute Gasteiger partial charge is 0.180 e. The first-order valence-corrected chi connectivity index (χ1v) is 6.69. The van der Waals surface area contributed by atoms with Crippen LogP contribution in [0.1, 0.15) is 32.1 Å². The highest BCUT2D eigenvalue weighted by Gasteiger charge is 2.15. The molecule has 0 bridgehead atoms. The van der Waals surface area contributed by atoms with Crippen LogP contribution in [0.2, 0.25) is 0 Å². The highest BCUT2D eigenvalue weighted by molar-refractivity contribution is 5.66. The first kappa shape index (κ1) is 11.3. The maximum Gasteiger partial charge on any atom is 0.180 e. The third-order valence-electron chi connectivity index (χ3n) is 3.53. The Labute approximate surface area is 107 Å². The molecule has 2 aromatic rings.